The van der Waals surface area contributed by atoms with Gasteiger partial charge in [0.2, 0.25) is 11.3 Å². The van der Waals surface area contributed by atoms with Crippen molar-refractivity contribution < 1.29 is 18.4 Å². The van der Waals surface area contributed by atoms with Gasteiger partial charge in [-0.05, 0) is 48.5 Å². The molecule has 3 aromatic carbocycles. The van der Waals surface area contributed by atoms with Crippen molar-refractivity contribution in [2.24, 2.45) is 0 Å². The van der Waals surface area contributed by atoms with E-state index in [4.69, 9.17) is 22.2 Å². The third-order valence-corrected chi connectivity index (χ3v) is 8.66. The van der Waals surface area contributed by atoms with Crippen LogP contribution in [0.5, 0.6) is 11.5 Å². The van der Waals surface area contributed by atoms with Crippen LogP contribution in [-0.2, 0) is 4.57 Å². The molecule has 0 saturated carbocycles. The topological polar surface area (TPSA) is 134 Å². The van der Waals surface area contributed by atoms with Gasteiger partial charge in [-0.15, -0.1) is 9.03 Å². The average Bonchev–Trinajstić information content (AvgIpc) is 3.75. The van der Waals surface area contributed by atoms with Gasteiger partial charge in [-0.1, -0.05) is 77.9 Å². The van der Waals surface area contributed by atoms with Crippen LogP contribution in [0.15, 0.2) is 128 Å². The van der Waals surface area contributed by atoms with Crippen molar-refractivity contribution in [1.29, 1.82) is 0 Å². The summed E-state index contributed by atoms with van der Waals surface area (Å²) in [6, 6.07) is 33.6. The molecule has 4 heterocycles. The van der Waals surface area contributed by atoms with Crippen molar-refractivity contribution >= 4 is 42.5 Å². The smallest absolute Gasteiger partial charge is 0.414 e. The molecule has 234 valence electrons. The third kappa shape index (κ3) is 6.87. The molecule has 0 aliphatic heterocycles. The highest BCUT2D eigenvalue weighted by Crippen LogP contribution is 2.59. The maximum atomic E-state index is 14.7. The zero-order chi connectivity index (χ0) is 33.3. The molecule has 0 amide bonds. The zero-order valence-electron chi connectivity index (χ0n) is 24.9. The molecule has 0 fully saturated rings. The highest BCUT2D eigenvalue weighted by Gasteiger charge is 2.43. The number of fused-ring (bicyclic) bond motifs is 2. The second kappa shape index (κ2) is 14.1. The summed E-state index contributed by atoms with van der Waals surface area (Å²) in [5.41, 5.74) is 2.41. The maximum Gasteiger partial charge on any atom is 0.459 e. The van der Waals surface area contributed by atoms with E-state index in [-0.39, 0.29) is 11.5 Å². The standard InChI is InChI=1S/C26H20N5O3P.C8H4N4O/c1-27-25-19-28-24-18-17-23(30-31(24)25)26(29-20-11-5-2-6-12-20)35(32,33-21-13-7-3-8-14-21)34-22-15-9-4-10-16-22;1-9-8-4-10-7-3-2-6(5-13)11-12(7)8/h2-19,26,29H;2-5H. The first-order valence-electron chi connectivity index (χ1n) is 14.3. The maximum absolute atomic E-state index is 14.7. The summed E-state index contributed by atoms with van der Waals surface area (Å²) in [4.78, 5) is 25.2. The van der Waals surface area contributed by atoms with Gasteiger partial charge in [0.15, 0.2) is 12.1 Å². The quantitative estimate of drug-likeness (QED) is 0.0940. The molecular weight excluding hydrogens is 629 g/mol. The normalized spacial score (nSPS) is 11.4. The van der Waals surface area contributed by atoms with Crippen LogP contribution in [0.3, 0.4) is 0 Å². The van der Waals surface area contributed by atoms with Crippen molar-refractivity contribution in [2.75, 3.05) is 5.32 Å². The summed E-state index contributed by atoms with van der Waals surface area (Å²) >= 11 is 0. The number of imidazole rings is 2. The fourth-order valence-electron chi connectivity index (χ4n) is 4.50. The van der Waals surface area contributed by atoms with Gasteiger partial charge < -0.3 is 24.1 Å². The Morgan fingerprint density at radius 1 is 0.688 bits per heavy atom. The number of benzene rings is 3. The first-order valence-corrected chi connectivity index (χ1v) is 15.9. The molecule has 7 aromatic rings. The molecule has 13 nitrogen and oxygen atoms in total. The number of nitrogens with one attached hydrogen (secondary N) is 1. The van der Waals surface area contributed by atoms with Crippen LogP contribution in [0.2, 0.25) is 0 Å². The SMILES string of the molecule is [C-]#[N+]c1cnc2ccc(C(Nc3ccccc3)P(=O)(Oc3ccccc3)Oc3ccccc3)nn12.[C-]#[N+]c1cnc2ccc(C=O)nn12. The Hall–Kier alpha value is -6.82. The van der Waals surface area contributed by atoms with Crippen LogP contribution in [0.25, 0.3) is 21.0 Å². The minimum absolute atomic E-state index is 0.239. The Labute approximate surface area is 274 Å². The highest BCUT2D eigenvalue weighted by atomic mass is 31.2. The van der Waals surface area contributed by atoms with Gasteiger partial charge in [-0.25, -0.2) is 14.5 Å². The van der Waals surface area contributed by atoms with Crippen molar-refractivity contribution in [1.82, 2.24) is 29.2 Å². The monoisotopic (exact) mass is 653 g/mol. The van der Waals surface area contributed by atoms with E-state index >= 15 is 0 Å². The lowest BCUT2D eigenvalue weighted by Crippen LogP contribution is -2.20. The third-order valence-electron chi connectivity index (χ3n) is 6.70. The van der Waals surface area contributed by atoms with E-state index in [9.17, 15) is 9.36 Å². The Balaban J connectivity index is 0.000000257. The Bertz CT molecular complexity index is 2270. The van der Waals surface area contributed by atoms with Gasteiger partial charge >= 0.3 is 7.60 Å². The number of hydrogen-bond acceptors (Lipinski definition) is 9. The molecule has 0 radical (unpaired) electrons. The summed E-state index contributed by atoms with van der Waals surface area (Å²) in [5.74, 6) is 0.298. The van der Waals surface area contributed by atoms with E-state index < -0.39 is 13.4 Å². The van der Waals surface area contributed by atoms with Gasteiger partial charge in [0.1, 0.15) is 22.9 Å². The fraction of sp³-hybridized carbons (Fsp3) is 0.0294. The van der Waals surface area contributed by atoms with E-state index in [0.29, 0.717) is 46.3 Å². The highest BCUT2D eigenvalue weighted by molar-refractivity contribution is 7.55. The minimum atomic E-state index is -4.03. The molecule has 0 spiro atoms. The molecule has 14 heteroatoms. The van der Waals surface area contributed by atoms with Crippen LogP contribution in [-0.4, -0.2) is 35.5 Å². The first kappa shape index (κ1) is 31.2. The predicted octanol–water partition coefficient (Wildman–Crippen LogP) is 7.83. The van der Waals surface area contributed by atoms with Gasteiger partial charge in [0.05, 0.1) is 12.4 Å². The van der Waals surface area contributed by atoms with Gasteiger partial charge in [0.25, 0.3) is 11.6 Å². The summed E-state index contributed by atoms with van der Waals surface area (Å²) in [6.45, 7) is 14.2. The lowest BCUT2D eigenvalue weighted by atomic mass is 10.3. The van der Waals surface area contributed by atoms with Crippen LogP contribution in [0.4, 0.5) is 17.3 Å². The average molecular weight is 654 g/mol. The van der Waals surface area contributed by atoms with Crippen molar-refractivity contribution in [3.8, 4) is 11.5 Å². The number of para-hydroxylation sites is 3. The lowest BCUT2D eigenvalue weighted by molar-refractivity contribution is 0.111. The molecular formula is C34H24N9O4P. The molecule has 0 aliphatic rings. The second-order valence-electron chi connectivity index (χ2n) is 9.89. The van der Waals surface area contributed by atoms with Crippen molar-refractivity contribution in [3.05, 3.63) is 162 Å². The molecule has 0 bridgehead atoms. The molecule has 1 unspecified atom stereocenters. The molecule has 4 aromatic heterocycles. The van der Waals surface area contributed by atoms with E-state index in [1.54, 1.807) is 72.8 Å². The van der Waals surface area contributed by atoms with E-state index in [2.05, 4.69) is 35.2 Å². The zero-order valence-corrected chi connectivity index (χ0v) is 25.8. The number of hydrogen-bond donors (Lipinski definition) is 1. The van der Waals surface area contributed by atoms with Gasteiger partial charge in [0, 0.05) is 17.8 Å². The molecule has 1 atom stereocenters. The van der Waals surface area contributed by atoms with Crippen LogP contribution in [0.1, 0.15) is 22.0 Å². The Morgan fingerprint density at radius 3 is 1.71 bits per heavy atom. The Morgan fingerprint density at radius 2 is 1.19 bits per heavy atom. The van der Waals surface area contributed by atoms with Gasteiger partial charge in [-0.2, -0.15) is 0 Å². The van der Waals surface area contributed by atoms with E-state index in [1.807, 2.05) is 42.5 Å². The summed E-state index contributed by atoms with van der Waals surface area (Å²) < 4.78 is 29.6. The number of aromatic nitrogens is 6. The molecule has 7 rings (SSSR count). The number of carbonyl (C=O) groups is 1. The lowest BCUT2D eigenvalue weighted by Gasteiger charge is -2.28. The van der Waals surface area contributed by atoms with Crippen LogP contribution < -0.4 is 14.4 Å². The summed E-state index contributed by atoms with van der Waals surface area (Å²) in [6.07, 6.45) is 3.50. The number of rotatable bonds is 9. The van der Waals surface area contributed by atoms with Crippen molar-refractivity contribution in [2.45, 2.75) is 5.78 Å². The van der Waals surface area contributed by atoms with Gasteiger partial charge in [-0.3, -0.25) is 4.79 Å². The second-order valence-corrected chi connectivity index (χ2v) is 11.9. The largest absolute Gasteiger partial charge is 0.459 e. The Kier molecular flexibility index (Phi) is 9.15. The molecule has 0 aliphatic carbocycles. The predicted molar refractivity (Wildman–Crippen MR) is 178 cm³/mol. The first-order chi connectivity index (χ1) is 23.5. The summed E-state index contributed by atoms with van der Waals surface area (Å²) in [5, 5.41) is 11.8. The number of nitrogens with zero attached hydrogens (tertiary/aromatic N) is 8. The molecule has 0 saturated heterocycles. The number of aldehydes is 1. The van der Waals surface area contributed by atoms with E-state index in [0.717, 1.165) is 0 Å². The van der Waals surface area contributed by atoms with Crippen LogP contribution in [0, 0.1) is 13.1 Å². The fourth-order valence-corrected chi connectivity index (χ4v) is 6.35. The van der Waals surface area contributed by atoms with Crippen molar-refractivity contribution in [3.63, 3.8) is 0 Å². The van der Waals surface area contributed by atoms with E-state index in [1.165, 1.54) is 21.4 Å². The number of anilines is 1. The van der Waals surface area contributed by atoms with Crippen LogP contribution >= 0.6 is 7.60 Å². The number of carbonyl (C=O) groups excluding carboxylic acids is 1. The minimum Gasteiger partial charge on any atom is -0.414 e. The molecule has 48 heavy (non-hydrogen) atoms. The molecule has 1 N–H and O–H groups in total. The summed E-state index contributed by atoms with van der Waals surface area (Å²) in [7, 11) is -4.03.